The minimum absolute atomic E-state index is 0.0223. The largest absolute Gasteiger partial charge is 0.352 e. The Bertz CT molecular complexity index is 664. The first-order valence-electron chi connectivity index (χ1n) is 6.83. The van der Waals surface area contributed by atoms with Crippen LogP contribution in [0.4, 0.5) is 8.78 Å². The normalized spacial score (nSPS) is 21.5. The van der Waals surface area contributed by atoms with Gasteiger partial charge in [0.1, 0.15) is 11.6 Å². The molecule has 2 rings (SSSR count). The summed E-state index contributed by atoms with van der Waals surface area (Å²) in [6.45, 7) is 1.73. The van der Waals surface area contributed by atoms with Gasteiger partial charge in [0, 0.05) is 22.9 Å². The molecule has 2 atom stereocenters. The van der Waals surface area contributed by atoms with Crippen LogP contribution < -0.4 is 5.32 Å². The molecule has 0 aliphatic carbocycles. The van der Waals surface area contributed by atoms with Crippen molar-refractivity contribution in [3.05, 3.63) is 35.4 Å². The lowest BCUT2D eigenvalue weighted by Gasteiger charge is -2.14. The topological polar surface area (TPSA) is 63.2 Å². The van der Waals surface area contributed by atoms with Gasteiger partial charge < -0.3 is 5.32 Å². The van der Waals surface area contributed by atoms with Gasteiger partial charge in [-0.15, -0.1) is 11.8 Å². The fourth-order valence-corrected chi connectivity index (χ4v) is 4.83. The monoisotopic (exact) mass is 349 g/mol. The molecule has 0 bridgehead atoms. The third-order valence-electron chi connectivity index (χ3n) is 3.46. The number of halogens is 2. The minimum Gasteiger partial charge on any atom is -0.352 e. The Balaban J connectivity index is 1.83. The average molecular weight is 349 g/mol. The van der Waals surface area contributed by atoms with E-state index in [1.165, 1.54) is 23.9 Å². The highest BCUT2D eigenvalue weighted by Crippen LogP contribution is 2.30. The molecule has 2 unspecified atom stereocenters. The van der Waals surface area contributed by atoms with E-state index < -0.39 is 21.5 Å². The van der Waals surface area contributed by atoms with Crippen LogP contribution in [0.5, 0.6) is 0 Å². The summed E-state index contributed by atoms with van der Waals surface area (Å²) in [6.07, 6.45) is 0.431. The molecule has 0 aromatic heterocycles. The van der Waals surface area contributed by atoms with Crippen molar-refractivity contribution in [2.75, 3.05) is 17.3 Å². The molecule has 1 saturated heterocycles. The molecule has 1 amide bonds. The van der Waals surface area contributed by atoms with Crippen molar-refractivity contribution >= 4 is 27.5 Å². The summed E-state index contributed by atoms with van der Waals surface area (Å²) in [7, 11) is -3.03. The zero-order chi connectivity index (χ0) is 16.3. The number of amides is 1. The first kappa shape index (κ1) is 17.2. The van der Waals surface area contributed by atoms with E-state index in [-0.39, 0.29) is 34.5 Å². The van der Waals surface area contributed by atoms with E-state index in [2.05, 4.69) is 5.32 Å². The number of carbonyl (C=O) groups excluding carboxylic acids is 1. The van der Waals surface area contributed by atoms with Crippen LogP contribution in [-0.4, -0.2) is 37.6 Å². The molecule has 1 aliphatic rings. The van der Waals surface area contributed by atoms with Gasteiger partial charge in [-0.2, -0.15) is 0 Å². The number of carbonyl (C=O) groups is 1. The van der Waals surface area contributed by atoms with Gasteiger partial charge in [-0.3, -0.25) is 4.79 Å². The number of sulfone groups is 1. The molecule has 1 aromatic carbocycles. The molecule has 8 heteroatoms. The van der Waals surface area contributed by atoms with Crippen molar-refractivity contribution in [2.45, 2.75) is 24.6 Å². The van der Waals surface area contributed by atoms with Gasteiger partial charge in [0.05, 0.1) is 17.3 Å². The average Bonchev–Trinajstić information content (AvgIpc) is 2.75. The second-order valence-electron chi connectivity index (χ2n) is 5.29. The van der Waals surface area contributed by atoms with Gasteiger partial charge in [0.25, 0.3) is 0 Å². The zero-order valence-electron chi connectivity index (χ0n) is 12.0. The number of rotatable bonds is 5. The van der Waals surface area contributed by atoms with Crippen LogP contribution in [0.25, 0.3) is 0 Å². The third kappa shape index (κ3) is 4.67. The highest BCUT2D eigenvalue weighted by atomic mass is 32.2. The Kier molecular flexibility index (Phi) is 5.44. The van der Waals surface area contributed by atoms with Crippen LogP contribution in [0.2, 0.25) is 0 Å². The predicted molar refractivity (Wildman–Crippen MR) is 82.4 cm³/mol. The molecule has 1 aliphatic heterocycles. The van der Waals surface area contributed by atoms with E-state index in [1.54, 1.807) is 6.92 Å². The standard InChI is InChI=1S/C14H17F2NO3S2/c1-9(12-3-2-10(15)6-13(12)16)21-7-14(18)17-11-4-5-22(19,20)8-11/h2-3,6,9,11H,4-5,7-8H2,1H3,(H,17,18). The van der Waals surface area contributed by atoms with Crippen molar-refractivity contribution in [2.24, 2.45) is 0 Å². The van der Waals surface area contributed by atoms with E-state index >= 15 is 0 Å². The minimum atomic E-state index is -3.03. The van der Waals surface area contributed by atoms with Crippen LogP contribution in [0.15, 0.2) is 18.2 Å². The lowest BCUT2D eigenvalue weighted by atomic mass is 10.1. The summed E-state index contributed by atoms with van der Waals surface area (Å²) in [5.74, 6) is -1.38. The smallest absolute Gasteiger partial charge is 0.230 e. The van der Waals surface area contributed by atoms with Gasteiger partial charge in [-0.05, 0) is 19.4 Å². The fraction of sp³-hybridized carbons (Fsp3) is 0.500. The number of nitrogens with one attached hydrogen (secondary N) is 1. The Morgan fingerprint density at radius 1 is 1.45 bits per heavy atom. The summed E-state index contributed by atoms with van der Waals surface area (Å²) in [4.78, 5) is 11.8. The number of thioether (sulfide) groups is 1. The van der Waals surface area contributed by atoms with E-state index in [1.807, 2.05) is 0 Å². The van der Waals surface area contributed by atoms with Crippen molar-refractivity contribution in [1.82, 2.24) is 5.32 Å². The Hall–Kier alpha value is -1.15. The first-order chi connectivity index (χ1) is 10.3. The SMILES string of the molecule is CC(SCC(=O)NC1CCS(=O)(=O)C1)c1ccc(F)cc1F. The second kappa shape index (κ2) is 6.95. The molecular formula is C14H17F2NO3S2. The van der Waals surface area contributed by atoms with Gasteiger partial charge >= 0.3 is 0 Å². The fourth-order valence-electron chi connectivity index (χ4n) is 2.30. The lowest BCUT2D eigenvalue weighted by Crippen LogP contribution is -2.36. The maximum Gasteiger partial charge on any atom is 0.230 e. The summed E-state index contributed by atoms with van der Waals surface area (Å²) in [6, 6.07) is 3.02. The predicted octanol–water partition coefficient (Wildman–Crippen LogP) is 2.06. The van der Waals surface area contributed by atoms with Crippen molar-refractivity contribution in [3.63, 3.8) is 0 Å². The number of benzene rings is 1. The van der Waals surface area contributed by atoms with Crippen LogP contribution >= 0.6 is 11.8 Å². The highest BCUT2D eigenvalue weighted by molar-refractivity contribution is 8.00. The lowest BCUT2D eigenvalue weighted by molar-refractivity contribution is -0.119. The molecule has 1 fully saturated rings. The number of hydrogen-bond donors (Lipinski definition) is 1. The summed E-state index contributed by atoms with van der Waals surface area (Å²) < 4.78 is 49.1. The third-order valence-corrected chi connectivity index (χ3v) is 6.41. The molecule has 0 saturated carbocycles. The van der Waals surface area contributed by atoms with Crippen LogP contribution in [-0.2, 0) is 14.6 Å². The summed E-state index contributed by atoms with van der Waals surface area (Å²) in [5.41, 5.74) is 0.336. The first-order valence-corrected chi connectivity index (χ1v) is 9.70. The molecular weight excluding hydrogens is 332 g/mol. The van der Waals surface area contributed by atoms with E-state index in [9.17, 15) is 22.0 Å². The molecule has 0 spiro atoms. The van der Waals surface area contributed by atoms with E-state index in [0.717, 1.165) is 6.07 Å². The quantitative estimate of drug-likeness (QED) is 0.884. The Morgan fingerprint density at radius 3 is 2.77 bits per heavy atom. The zero-order valence-corrected chi connectivity index (χ0v) is 13.6. The summed E-state index contributed by atoms with van der Waals surface area (Å²) >= 11 is 1.22. The molecule has 4 nitrogen and oxygen atoms in total. The van der Waals surface area contributed by atoms with Crippen molar-refractivity contribution in [3.8, 4) is 0 Å². The maximum absolute atomic E-state index is 13.6. The van der Waals surface area contributed by atoms with Crippen molar-refractivity contribution in [1.29, 1.82) is 0 Å². The molecule has 1 heterocycles. The van der Waals surface area contributed by atoms with E-state index in [0.29, 0.717) is 12.0 Å². The molecule has 1 aromatic rings. The molecule has 1 N–H and O–H groups in total. The van der Waals surface area contributed by atoms with Gasteiger partial charge in [0.15, 0.2) is 9.84 Å². The van der Waals surface area contributed by atoms with Crippen LogP contribution in [0.1, 0.15) is 24.2 Å². The number of hydrogen-bond acceptors (Lipinski definition) is 4. The Morgan fingerprint density at radius 2 is 2.18 bits per heavy atom. The van der Waals surface area contributed by atoms with Crippen LogP contribution in [0.3, 0.4) is 0 Å². The second-order valence-corrected chi connectivity index (χ2v) is 8.84. The molecule has 122 valence electrons. The highest BCUT2D eigenvalue weighted by Gasteiger charge is 2.28. The Labute approximate surface area is 132 Å². The summed E-state index contributed by atoms with van der Waals surface area (Å²) in [5, 5.41) is 2.37. The molecule has 22 heavy (non-hydrogen) atoms. The van der Waals surface area contributed by atoms with Crippen LogP contribution in [0, 0.1) is 11.6 Å². The molecule has 0 radical (unpaired) electrons. The van der Waals surface area contributed by atoms with E-state index in [4.69, 9.17) is 0 Å². The van der Waals surface area contributed by atoms with Gasteiger partial charge in [-0.25, -0.2) is 17.2 Å². The maximum atomic E-state index is 13.6. The van der Waals surface area contributed by atoms with Crippen molar-refractivity contribution < 1.29 is 22.0 Å². The van der Waals surface area contributed by atoms with Gasteiger partial charge in [-0.1, -0.05) is 6.07 Å². The van der Waals surface area contributed by atoms with Gasteiger partial charge in [0.2, 0.25) is 5.91 Å².